The van der Waals surface area contributed by atoms with Gasteiger partial charge >= 0.3 is 0 Å². The molecule has 2 rings (SSSR count). The van der Waals surface area contributed by atoms with Gasteiger partial charge in [0.15, 0.2) is 0 Å². The Bertz CT molecular complexity index is 283. The van der Waals surface area contributed by atoms with Gasteiger partial charge in [0, 0.05) is 52.0 Å². The predicted octanol–water partition coefficient (Wildman–Crippen LogP) is 0.662. The highest BCUT2D eigenvalue weighted by molar-refractivity contribution is 5.79. The van der Waals surface area contributed by atoms with Crippen LogP contribution < -0.4 is 0 Å². The Morgan fingerprint density at radius 1 is 1.25 bits per heavy atom. The third-order valence-corrected chi connectivity index (χ3v) is 3.73. The molecule has 0 aromatic rings. The minimum Gasteiger partial charge on any atom is -0.340 e. The second-order valence-corrected chi connectivity index (χ2v) is 4.83. The number of rotatable bonds is 1. The molecular weight excluding hydrogens is 204 g/mol. The summed E-state index contributed by atoms with van der Waals surface area (Å²) in [5.41, 5.74) is 0. The summed E-state index contributed by atoms with van der Waals surface area (Å²) in [5, 5.41) is 0. The number of piperazine rings is 1. The maximum Gasteiger partial charge on any atom is 0.219 e. The molecule has 1 aliphatic carbocycles. The zero-order valence-electron chi connectivity index (χ0n) is 9.95. The summed E-state index contributed by atoms with van der Waals surface area (Å²) in [4.78, 5) is 26.9. The molecule has 1 heterocycles. The molecule has 2 aliphatic rings. The Kier molecular flexibility index (Phi) is 3.59. The van der Waals surface area contributed by atoms with Crippen LogP contribution in [0.3, 0.4) is 0 Å². The normalized spacial score (nSPS) is 28.2. The molecule has 1 amide bonds. The maximum atomic E-state index is 11.4. The highest BCUT2D eigenvalue weighted by Gasteiger charge is 2.28. The number of hydrogen-bond donors (Lipinski definition) is 0. The van der Waals surface area contributed by atoms with Crippen LogP contribution in [0, 0.1) is 0 Å². The minimum absolute atomic E-state index is 0.166. The van der Waals surface area contributed by atoms with Crippen molar-refractivity contribution in [1.29, 1.82) is 0 Å². The first kappa shape index (κ1) is 11.6. The first-order valence-corrected chi connectivity index (χ1v) is 6.18. The van der Waals surface area contributed by atoms with E-state index in [0.29, 0.717) is 11.8 Å². The first-order chi connectivity index (χ1) is 7.66. The monoisotopic (exact) mass is 224 g/mol. The van der Waals surface area contributed by atoms with Crippen molar-refractivity contribution in [2.45, 2.75) is 38.6 Å². The second-order valence-electron chi connectivity index (χ2n) is 4.83. The third-order valence-electron chi connectivity index (χ3n) is 3.73. The van der Waals surface area contributed by atoms with E-state index >= 15 is 0 Å². The molecule has 1 saturated carbocycles. The highest BCUT2D eigenvalue weighted by atomic mass is 16.2. The van der Waals surface area contributed by atoms with E-state index in [-0.39, 0.29) is 5.91 Å². The highest BCUT2D eigenvalue weighted by Crippen LogP contribution is 2.21. The number of Topliss-reactive ketones (excluding diaryl/α,β-unsaturated/α-hetero) is 1. The zero-order valence-corrected chi connectivity index (χ0v) is 9.95. The largest absolute Gasteiger partial charge is 0.340 e. The van der Waals surface area contributed by atoms with Gasteiger partial charge in [0.2, 0.25) is 5.91 Å². The first-order valence-electron chi connectivity index (χ1n) is 6.18. The van der Waals surface area contributed by atoms with Crippen molar-refractivity contribution in [2.75, 3.05) is 26.2 Å². The Morgan fingerprint density at radius 3 is 2.50 bits per heavy atom. The molecule has 0 bridgehead atoms. The number of nitrogens with zero attached hydrogens (tertiary/aromatic N) is 2. The third kappa shape index (κ3) is 2.61. The number of carbonyl (C=O) groups is 2. The lowest BCUT2D eigenvalue weighted by Gasteiger charge is -2.40. The van der Waals surface area contributed by atoms with Crippen LogP contribution in [-0.2, 0) is 9.59 Å². The molecule has 1 unspecified atom stereocenters. The van der Waals surface area contributed by atoms with E-state index in [9.17, 15) is 9.59 Å². The molecule has 0 N–H and O–H groups in total. The van der Waals surface area contributed by atoms with Crippen LogP contribution >= 0.6 is 0 Å². The molecule has 0 radical (unpaired) electrons. The molecule has 4 heteroatoms. The van der Waals surface area contributed by atoms with Gasteiger partial charge in [0.1, 0.15) is 5.78 Å². The number of hydrogen-bond acceptors (Lipinski definition) is 3. The maximum absolute atomic E-state index is 11.4. The van der Waals surface area contributed by atoms with Crippen molar-refractivity contribution in [3.8, 4) is 0 Å². The summed E-state index contributed by atoms with van der Waals surface area (Å²) < 4.78 is 0. The van der Waals surface area contributed by atoms with E-state index in [1.165, 1.54) is 0 Å². The fourth-order valence-electron chi connectivity index (χ4n) is 2.72. The molecule has 0 spiro atoms. The average Bonchev–Trinajstić information content (AvgIpc) is 2.29. The van der Waals surface area contributed by atoms with Crippen LogP contribution in [0.1, 0.15) is 32.6 Å². The molecule has 16 heavy (non-hydrogen) atoms. The van der Waals surface area contributed by atoms with Gasteiger partial charge in [0.05, 0.1) is 0 Å². The molecule has 0 aromatic heterocycles. The van der Waals surface area contributed by atoms with Crippen LogP contribution in [0.25, 0.3) is 0 Å². The molecular formula is C12H20N2O2. The number of carbonyl (C=O) groups excluding carboxylic acids is 2. The zero-order chi connectivity index (χ0) is 11.5. The van der Waals surface area contributed by atoms with Gasteiger partial charge in [-0.1, -0.05) is 0 Å². The van der Waals surface area contributed by atoms with Gasteiger partial charge in [-0.15, -0.1) is 0 Å². The van der Waals surface area contributed by atoms with Crippen LogP contribution in [0.15, 0.2) is 0 Å². The fraction of sp³-hybridized carbons (Fsp3) is 0.833. The van der Waals surface area contributed by atoms with E-state index in [1.807, 2.05) is 4.90 Å². The topological polar surface area (TPSA) is 40.6 Å². The van der Waals surface area contributed by atoms with Gasteiger partial charge in [-0.3, -0.25) is 14.5 Å². The molecule has 1 aliphatic heterocycles. The van der Waals surface area contributed by atoms with E-state index in [0.717, 1.165) is 51.9 Å². The summed E-state index contributed by atoms with van der Waals surface area (Å²) >= 11 is 0. The predicted molar refractivity (Wildman–Crippen MR) is 61.1 cm³/mol. The van der Waals surface area contributed by atoms with Crippen molar-refractivity contribution in [2.24, 2.45) is 0 Å². The second kappa shape index (κ2) is 4.95. The van der Waals surface area contributed by atoms with Crippen molar-refractivity contribution < 1.29 is 9.59 Å². The summed E-state index contributed by atoms with van der Waals surface area (Å²) in [5.74, 6) is 0.574. The molecule has 90 valence electrons. The van der Waals surface area contributed by atoms with Gasteiger partial charge in [-0.2, -0.15) is 0 Å². The molecule has 2 fully saturated rings. The quantitative estimate of drug-likeness (QED) is 0.657. The summed E-state index contributed by atoms with van der Waals surface area (Å²) in [7, 11) is 0. The average molecular weight is 224 g/mol. The minimum atomic E-state index is 0.166. The Morgan fingerprint density at radius 2 is 1.94 bits per heavy atom. The van der Waals surface area contributed by atoms with E-state index in [1.54, 1.807) is 6.92 Å². The van der Waals surface area contributed by atoms with E-state index in [2.05, 4.69) is 4.90 Å². The van der Waals surface area contributed by atoms with Crippen LogP contribution in [0.4, 0.5) is 0 Å². The van der Waals surface area contributed by atoms with Crippen LogP contribution in [0.2, 0.25) is 0 Å². The molecule has 0 aromatic carbocycles. The molecule has 1 saturated heterocycles. The summed E-state index contributed by atoms with van der Waals surface area (Å²) in [6, 6.07) is 0.440. The van der Waals surface area contributed by atoms with E-state index < -0.39 is 0 Å². The standard InChI is InChI=1S/C12H20N2O2/c1-10(15)13-5-7-14(8-6-13)11-3-2-4-12(16)9-11/h11H,2-9H2,1H3. The van der Waals surface area contributed by atoms with Crippen molar-refractivity contribution in [3.05, 3.63) is 0 Å². The number of ketones is 1. The molecule has 1 atom stereocenters. The molecule has 4 nitrogen and oxygen atoms in total. The Labute approximate surface area is 96.6 Å². The van der Waals surface area contributed by atoms with Gasteiger partial charge in [-0.05, 0) is 12.8 Å². The Balaban J connectivity index is 1.84. The lowest BCUT2D eigenvalue weighted by molar-refractivity contribution is -0.132. The van der Waals surface area contributed by atoms with E-state index in [4.69, 9.17) is 0 Å². The lowest BCUT2D eigenvalue weighted by Crippen LogP contribution is -2.52. The van der Waals surface area contributed by atoms with Gasteiger partial charge in [0.25, 0.3) is 0 Å². The van der Waals surface area contributed by atoms with Gasteiger partial charge < -0.3 is 4.90 Å². The van der Waals surface area contributed by atoms with Crippen molar-refractivity contribution in [1.82, 2.24) is 9.80 Å². The summed E-state index contributed by atoms with van der Waals surface area (Å²) in [6.45, 7) is 5.12. The Hall–Kier alpha value is -0.900. The fourth-order valence-corrected chi connectivity index (χ4v) is 2.72. The van der Waals surface area contributed by atoms with Crippen LogP contribution in [0.5, 0.6) is 0 Å². The smallest absolute Gasteiger partial charge is 0.219 e. The SMILES string of the molecule is CC(=O)N1CCN(C2CCCC(=O)C2)CC1. The van der Waals surface area contributed by atoms with Gasteiger partial charge in [-0.25, -0.2) is 0 Å². The summed E-state index contributed by atoms with van der Waals surface area (Å²) in [6.07, 6.45) is 3.67. The van der Waals surface area contributed by atoms with Crippen molar-refractivity contribution in [3.63, 3.8) is 0 Å². The lowest BCUT2D eigenvalue weighted by atomic mass is 9.92. The van der Waals surface area contributed by atoms with Crippen molar-refractivity contribution >= 4 is 11.7 Å². The van der Waals surface area contributed by atoms with Crippen LogP contribution in [-0.4, -0.2) is 53.7 Å². The number of amides is 1.